The Morgan fingerprint density at radius 2 is 1.84 bits per heavy atom. The minimum absolute atomic E-state index is 0.0244. The number of carbonyl (C=O) groups is 3. The van der Waals surface area contributed by atoms with Gasteiger partial charge in [0.2, 0.25) is 0 Å². The Bertz CT molecular complexity index is 550. The van der Waals surface area contributed by atoms with E-state index in [1.54, 1.807) is 0 Å². The third-order valence-electron chi connectivity index (χ3n) is 2.71. The third-order valence-corrected chi connectivity index (χ3v) is 2.71. The van der Waals surface area contributed by atoms with Crippen LogP contribution in [0.1, 0.15) is 30.6 Å². The van der Waals surface area contributed by atoms with E-state index in [-0.39, 0.29) is 12.0 Å². The summed E-state index contributed by atoms with van der Waals surface area (Å²) in [5.41, 5.74) is -0.614. The Balaban J connectivity index is 3.28. The van der Waals surface area contributed by atoms with E-state index in [2.05, 4.69) is 0 Å². The lowest BCUT2D eigenvalue weighted by Gasteiger charge is -2.10. The van der Waals surface area contributed by atoms with E-state index >= 15 is 0 Å². The van der Waals surface area contributed by atoms with Gasteiger partial charge in [0.15, 0.2) is 11.6 Å². The molecule has 0 saturated heterocycles. The first-order chi connectivity index (χ1) is 8.90. The molecule has 1 unspecified atom stereocenters. The molecule has 0 aliphatic carbocycles. The zero-order chi connectivity index (χ0) is 14.6. The predicted molar refractivity (Wildman–Crippen MR) is 66.9 cm³/mol. The molecule has 0 N–H and O–H groups in total. The maximum absolute atomic E-state index is 12.2. The molecule has 0 radical (unpaired) electrons. The number of benzene rings is 1. The smallest absolute Gasteiger partial charge is 0.280 e. The molecule has 1 atom stereocenters. The average Bonchev–Trinajstić information content (AvgIpc) is 2.38. The summed E-state index contributed by atoms with van der Waals surface area (Å²) in [4.78, 5) is 45.4. The van der Waals surface area contributed by atoms with Crippen molar-refractivity contribution in [2.24, 2.45) is 5.92 Å². The van der Waals surface area contributed by atoms with Crippen LogP contribution in [0.4, 0.5) is 5.69 Å². The molecule has 100 valence electrons. The number of ketones is 3. The van der Waals surface area contributed by atoms with E-state index in [1.165, 1.54) is 31.2 Å². The molecule has 6 nitrogen and oxygen atoms in total. The number of nitro benzene ring substituents is 1. The summed E-state index contributed by atoms with van der Waals surface area (Å²) >= 11 is 0. The van der Waals surface area contributed by atoms with Crippen molar-refractivity contribution in [2.75, 3.05) is 0 Å². The van der Waals surface area contributed by atoms with Gasteiger partial charge in [-0.2, -0.15) is 0 Å². The van der Waals surface area contributed by atoms with Gasteiger partial charge >= 0.3 is 0 Å². The molecule has 0 fully saturated rings. The second-order valence-electron chi connectivity index (χ2n) is 4.00. The minimum atomic E-state index is -1.45. The van der Waals surface area contributed by atoms with Crippen LogP contribution in [0.2, 0.25) is 0 Å². The molecule has 0 spiro atoms. The van der Waals surface area contributed by atoms with Gasteiger partial charge in [0.25, 0.3) is 5.69 Å². The summed E-state index contributed by atoms with van der Waals surface area (Å²) in [6.45, 7) is 2.66. The fraction of sp³-hybridized carbons (Fsp3) is 0.308. The molecular formula is C13H13NO5. The number of hydrogen-bond donors (Lipinski definition) is 0. The van der Waals surface area contributed by atoms with Gasteiger partial charge in [0.1, 0.15) is 11.7 Å². The Hall–Kier alpha value is -2.37. The highest BCUT2D eigenvalue weighted by molar-refractivity contribution is 6.24. The number of nitrogens with zero attached hydrogens (tertiary/aromatic N) is 1. The first kappa shape index (κ1) is 14.7. The highest BCUT2D eigenvalue weighted by Crippen LogP contribution is 2.22. The average molecular weight is 263 g/mol. The highest BCUT2D eigenvalue weighted by atomic mass is 16.6. The van der Waals surface area contributed by atoms with Crippen molar-refractivity contribution in [3.63, 3.8) is 0 Å². The third kappa shape index (κ3) is 3.09. The molecule has 6 heteroatoms. The molecule has 1 aromatic rings. The SMILES string of the molecule is CCC(=O)C(C(C)=O)C(=O)c1ccccc1[N+](=O)[O-]. The van der Waals surface area contributed by atoms with Crippen LogP contribution in [-0.4, -0.2) is 22.3 Å². The topological polar surface area (TPSA) is 94.3 Å². The Kier molecular flexibility index (Phi) is 4.63. The Morgan fingerprint density at radius 1 is 1.26 bits per heavy atom. The molecule has 0 aliphatic rings. The Labute approximate surface area is 109 Å². The van der Waals surface area contributed by atoms with Gasteiger partial charge in [0, 0.05) is 12.5 Å². The van der Waals surface area contributed by atoms with Gasteiger partial charge in [-0.15, -0.1) is 0 Å². The maximum Gasteiger partial charge on any atom is 0.280 e. The zero-order valence-electron chi connectivity index (χ0n) is 10.6. The first-order valence-electron chi connectivity index (χ1n) is 5.71. The van der Waals surface area contributed by atoms with Crippen molar-refractivity contribution in [3.05, 3.63) is 39.9 Å². The van der Waals surface area contributed by atoms with Crippen molar-refractivity contribution in [3.8, 4) is 0 Å². The van der Waals surface area contributed by atoms with Crippen molar-refractivity contribution in [1.82, 2.24) is 0 Å². The highest BCUT2D eigenvalue weighted by Gasteiger charge is 2.33. The van der Waals surface area contributed by atoms with Crippen LogP contribution in [0.5, 0.6) is 0 Å². The molecule has 0 amide bonds. The molecule has 0 saturated carbocycles. The Morgan fingerprint density at radius 3 is 2.32 bits per heavy atom. The largest absolute Gasteiger partial charge is 0.299 e. The lowest BCUT2D eigenvalue weighted by molar-refractivity contribution is -0.385. The first-order valence-corrected chi connectivity index (χ1v) is 5.71. The number of rotatable bonds is 6. The van der Waals surface area contributed by atoms with Crippen LogP contribution in [-0.2, 0) is 9.59 Å². The van der Waals surface area contributed by atoms with Gasteiger partial charge in [0.05, 0.1) is 10.5 Å². The number of hydrogen-bond acceptors (Lipinski definition) is 5. The number of para-hydroxylation sites is 1. The lowest BCUT2D eigenvalue weighted by atomic mass is 9.89. The van der Waals surface area contributed by atoms with Crippen LogP contribution >= 0.6 is 0 Å². The van der Waals surface area contributed by atoms with E-state index in [0.29, 0.717) is 0 Å². The maximum atomic E-state index is 12.2. The van der Waals surface area contributed by atoms with Crippen LogP contribution in [0.15, 0.2) is 24.3 Å². The van der Waals surface area contributed by atoms with E-state index in [4.69, 9.17) is 0 Å². The second kappa shape index (κ2) is 5.99. The van der Waals surface area contributed by atoms with Crippen molar-refractivity contribution >= 4 is 23.0 Å². The summed E-state index contributed by atoms with van der Waals surface area (Å²) in [7, 11) is 0. The van der Waals surface area contributed by atoms with E-state index in [0.717, 1.165) is 6.92 Å². The zero-order valence-corrected chi connectivity index (χ0v) is 10.6. The number of carbonyl (C=O) groups excluding carboxylic acids is 3. The van der Waals surface area contributed by atoms with Crippen LogP contribution in [0.25, 0.3) is 0 Å². The molecule has 1 aromatic carbocycles. The fourth-order valence-corrected chi connectivity index (χ4v) is 1.76. The van der Waals surface area contributed by atoms with Crippen molar-refractivity contribution in [1.29, 1.82) is 0 Å². The van der Waals surface area contributed by atoms with Gasteiger partial charge in [-0.25, -0.2) is 0 Å². The monoisotopic (exact) mass is 263 g/mol. The van der Waals surface area contributed by atoms with Crippen LogP contribution in [0.3, 0.4) is 0 Å². The van der Waals surface area contributed by atoms with Gasteiger partial charge in [-0.3, -0.25) is 24.5 Å². The lowest BCUT2D eigenvalue weighted by Crippen LogP contribution is -2.30. The standard InChI is InChI=1S/C13H13NO5/c1-3-11(16)12(8(2)15)13(17)9-6-4-5-7-10(9)14(18)19/h4-7,12H,3H2,1-2H3. The quantitative estimate of drug-likeness (QED) is 0.338. The molecule has 19 heavy (non-hydrogen) atoms. The summed E-state index contributed by atoms with van der Waals surface area (Å²) in [5, 5.41) is 10.8. The van der Waals surface area contributed by atoms with Gasteiger partial charge in [-0.1, -0.05) is 19.1 Å². The minimum Gasteiger partial charge on any atom is -0.299 e. The summed E-state index contributed by atoms with van der Waals surface area (Å²) in [6.07, 6.45) is 0.0244. The molecule has 0 bridgehead atoms. The van der Waals surface area contributed by atoms with E-state index in [9.17, 15) is 24.5 Å². The fourth-order valence-electron chi connectivity index (χ4n) is 1.76. The normalized spacial score (nSPS) is 11.7. The summed E-state index contributed by atoms with van der Waals surface area (Å²) in [6, 6.07) is 5.29. The number of nitro groups is 1. The summed E-state index contributed by atoms with van der Waals surface area (Å²) < 4.78 is 0. The van der Waals surface area contributed by atoms with Gasteiger partial charge in [-0.05, 0) is 13.0 Å². The summed E-state index contributed by atoms with van der Waals surface area (Å²) in [5.74, 6) is -3.40. The molecule has 0 heterocycles. The molecule has 1 rings (SSSR count). The van der Waals surface area contributed by atoms with Crippen LogP contribution < -0.4 is 0 Å². The number of Topliss-reactive ketones (excluding diaryl/α,β-unsaturated/α-hetero) is 3. The second-order valence-corrected chi connectivity index (χ2v) is 4.00. The van der Waals surface area contributed by atoms with Crippen molar-refractivity contribution < 1.29 is 19.3 Å². The van der Waals surface area contributed by atoms with Gasteiger partial charge < -0.3 is 0 Å². The van der Waals surface area contributed by atoms with E-state index in [1.807, 2.05) is 0 Å². The van der Waals surface area contributed by atoms with E-state index < -0.39 is 33.9 Å². The molecule has 0 aromatic heterocycles. The molecular weight excluding hydrogens is 250 g/mol. The van der Waals surface area contributed by atoms with Crippen LogP contribution in [0, 0.1) is 16.0 Å². The predicted octanol–water partition coefficient (Wildman–Crippen LogP) is 1.96. The molecule has 0 aliphatic heterocycles. The van der Waals surface area contributed by atoms with Crippen molar-refractivity contribution in [2.45, 2.75) is 20.3 Å².